The SMILES string of the molecule is C=C(OC)c1ccc(OC(F)F)cc1. The minimum absolute atomic E-state index is 0.118. The Bertz CT molecular complexity index is 306. The average molecular weight is 200 g/mol. The van der Waals surface area contributed by atoms with E-state index in [2.05, 4.69) is 11.3 Å². The van der Waals surface area contributed by atoms with Crippen LogP contribution in [-0.2, 0) is 4.74 Å². The van der Waals surface area contributed by atoms with Gasteiger partial charge in [-0.1, -0.05) is 6.58 Å². The zero-order valence-electron chi connectivity index (χ0n) is 7.67. The lowest BCUT2D eigenvalue weighted by molar-refractivity contribution is -0.0498. The van der Waals surface area contributed by atoms with E-state index >= 15 is 0 Å². The van der Waals surface area contributed by atoms with Crippen LogP contribution in [0.15, 0.2) is 30.8 Å². The van der Waals surface area contributed by atoms with Crippen LogP contribution in [0.25, 0.3) is 5.76 Å². The van der Waals surface area contributed by atoms with Crippen LogP contribution in [0, 0.1) is 0 Å². The minimum Gasteiger partial charge on any atom is -0.497 e. The zero-order chi connectivity index (χ0) is 10.6. The normalized spacial score (nSPS) is 10.0. The number of ether oxygens (including phenoxy) is 2. The maximum absolute atomic E-state index is 11.8. The van der Waals surface area contributed by atoms with Gasteiger partial charge in [-0.15, -0.1) is 0 Å². The van der Waals surface area contributed by atoms with Gasteiger partial charge in [0.05, 0.1) is 7.11 Å². The summed E-state index contributed by atoms with van der Waals surface area (Å²) in [7, 11) is 1.49. The molecule has 0 fully saturated rings. The van der Waals surface area contributed by atoms with Gasteiger partial charge in [-0.25, -0.2) is 0 Å². The molecular formula is C10H10F2O2. The van der Waals surface area contributed by atoms with Gasteiger partial charge < -0.3 is 9.47 Å². The Labute approximate surface area is 80.8 Å². The van der Waals surface area contributed by atoms with E-state index in [4.69, 9.17) is 4.74 Å². The molecule has 1 aromatic rings. The van der Waals surface area contributed by atoms with E-state index in [0.717, 1.165) is 5.56 Å². The maximum Gasteiger partial charge on any atom is 0.387 e. The van der Waals surface area contributed by atoms with E-state index in [1.54, 1.807) is 12.1 Å². The topological polar surface area (TPSA) is 18.5 Å². The molecule has 0 amide bonds. The molecule has 0 heterocycles. The summed E-state index contributed by atoms with van der Waals surface area (Å²) >= 11 is 0. The van der Waals surface area contributed by atoms with E-state index in [1.807, 2.05) is 0 Å². The lowest BCUT2D eigenvalue weighted by Gasteiger charge is -2.06. The molecule has 0 saturated carbocycles. The van der Waals surface area contributed by atoms with Crippen molar-refractivity contribution in [3.05, 3.63) is 36.4 Å². The number of rotatable bonds is 4. The first kappa shape index (κ1) is 10.5. The molecule has 0 atom stereocenters. The van der Waals surface area contributed by atoms with Gasteiger partial charge in [0.2, 0.25) is 0 Å². The van der Waals surface area contributed by atoms with Crippen LogP contribution in [0.5, 0.6) is 5.75 Å². The highest BCUT2D eigenvalue weighted by molar-refractivity contribution is 5.57. The van der Waals surface area contributed by atoms with Gasteiger partial charge in [-0.2, -0.15) is 8.78 Å². The van der Waals surface area contributed by atoms with Crippen LogP contribution < -0.4 is 4.74 Å². The fourth-order valence-corrected chi connectivity index (χ4v) is 0.940. The van der Waals surface area contributed by atoms with Crippen LogP contribution in [0.3, 0.4) is 0 Å². The Morgan fingerprint density at radius 1 is 1.29 bits per heavy atom. The quantitative estimate of drug-likeness (QED) is 0.696. The van der Waals surface area contributed by atoms with Crippen LogP contribution in [-0.4, -0.2) is 13.7 Å². The van der Waals surface area contributed by atoms with E-state index in [-0.39, 0.29) is 5.75 Å². The molecule has 0 unspecified atom stereocenters. The molecule has 0 aromatic heterocycles. The van der Waals surface area contributed by atoms with Crippen molar-refractivity contribution in [3.8, 4) is 5.75 Å². The van der Waals surface area contributed by atoms with E-state index in [1.165, 1.54) is 19.2 Å². The van der Waals surface area contributed by atoms with Crippen molar-refractivity contribution < 1.29 is 18.3 Å². The first-order valence-electron chi connectivity index (χ1n) is 3.91. The Kier molecular flexibility index (Phi) is 3.45. The van der Waals surface area contributed by atoms with Crippen LogP contribution in [0.1, 0.15) is 5.56 Å². The summed E-state index contributed by atoms with van der Waals surface area (Å²) in [6.45, 7) is 0.823. The number of hydrogen-bond acceptors (Lipinski definition) is 2. The molecule has 0 aliphatic heterocycles. The van der Waals surface area contributed by atoms with E-state index in [0.29, 0.717) is 5.76 Å². The summed E-state index contributed by atoms with van der Waals surface area (Å²) in [5.74, 6) is 0.598. The largest absolute Gasteiger partial charge is 0.497 e. The van der Waals surface area contributed by atoms with E-state index < -0.39 is 6.61 Å². The van der Waals surface area contributed by atoms with Gasteiger partial charge in [-0.3, -0.25) is 0 Å². The molecule has 0 saturated heterocycles. The van der Waals surface area contributed by atoms with Crippen molar-refractivity contribution >= 4 is 5.76 Å². The first-order chi connectivity index (χ1) is 6.63. The third kappa shape index (κ3) is 2.73. The van der Waals surface area contributed by atoms with Crippen molar-refractivity contribution in [3.63, 3.8) is 0 Å². The molecule has 0 N–H and O–H groups in total. The van der Waals surface area contributed by atoms with Gasteiger partial charge >= 0.3 is 6.61 Å². The van der Waals surface area contributed by atoms with Gasteiger partial charge in [0.1, 0.15) is 11.5 Å². The zero-order valence-corrected chi connectivity index (χ0v) is 7.67. The molecular weight excluding hydrogens is 190 g/mol. The molecule has 0 spiro atoms. The number of alkyl halides is 2. The Balaban J connectivity index is 2.73. The van der Waals surface area contributed by atoms with Crippen molar-refractivity contribution in [2.24, 2.45) is 0 Å². The predicted octanol–water partition coefficient (Wildman–Crippen LogP) is 2.91. The van der Waals surface area contributed by atoms with Crippen molar-refractivity contribution in [1.29, 1.82) is 0 Å². The van der Waals surface area contributed by atoms with Gasteiger partial charge in [-0.05, 0) is 24.3 Å². The number of methoxy groups -OCH3 is 1. The molecule has 1 aromatic carbocycles. The highest BCUT2D eigenvalue weighted by atomic mass is 19.3. The minimum atomic E-state index is -2.80. The third-order valence-electron chi connectivity index (χ3n) is 1.65. The van der Waals surface area contributed by atoms with Crippen molar-refractivity contribution in [2.75, 3.05) is 7.11 Å². The summed E-state index contributed by atoms with van der Waals surface area (Å²) in [6, 6.07) is 6.07. The smallest absolute Gasteiger partial charge is 0.387 e. The second kappa shape index (κ2) is 4.60. The molecule has 2 nitrogen and oxygen atoms in total. The highest BCUT2D eigenvalue weighted by Gasteiger charge is 2.04. The fourth-order valence-electron chi connectivity index (χ4n) is 0.940. The molecule has 0 bridgehead atoms. The van der Waals surface area contributed by atoms with Crippen LogP contribution >= 0.6 is 0 Å². The molecule has 14 heavy (non-hydrogen) atoms. The van der Waals surface area contributed by atoms with Crippen molar-refractivity contribution in [2.45, 2.75) is 6.61 Å². The van der Waals surface area contributed by atoms with Gasteiger partial charge in [0.15, 0.2) is 0 Å². The Morgan fingerprint density at radius 2 is 1.86 bits per heavy atom. The van der Waals surface area contributed by atoms with Crippen LogP contribution in [0.2, 0.25) is 0 Å². The molecule has 1 rings (SSSR count). The van der Waals surface area contributed by atoms with E-state index in [9.17, 15) is 8.78 Å². The van der Waals surface area contributed by atoms with Gasteiger partial charge in [0, 0.05) is 5.56 Å². The monoisotopic (exact) mass is 200 g/mol. The average Bonchev–Trinajstić information content (AvgIpc) is 2.17. The second-order valence-corrected chi connectivity index (χ2v) is 2.53. The summed E-state index contributed by atoms with van der Waals surface area (Å²) in [4.78, 5) is 0. The summed E-state index contributed by atoms with van der Waals surface area (Å²) in [6.07, 6.45) is 0. The fraction of sp³-hybridized carbons (Fsp3) is 0.200. The molecule has 0 aliphatic carbocycles. The predicted molar refractivity (Wildman–Crippen MR) is 49.1 cm³/mol. The number of hydrogen-bond donors (Lipinski definition) is 0. The lowest BCUT2D eigenvalue weighted by atomic mass is 10.2. The summed E-state index contributed by atoms with van der Waals surface area (Å²) < 4.78 is 32.6. The third-order valence-corrected chi connectivity index (χ3v) is 1.65. The lowest BCUT2D eigenvalue weighted by Crippen LogP contribution is -2.01. The summed E-state index contributed by atoms with van der Waals surface area (Å²) in [5.41, 5.74) is 0.731. The Morgan fingerprint density at radius 3 is 2.29 bits per heavy atom. The molecule has 0 radical (unpaired) electrons. The van der Waals surface area contributed by atoms with Crippen molar-refractivity contribution in [1.82, 2.24) is 0 Å². The van der Waals surface area contributed by atoms with Gasteiger partial charge in [0.25, 0.3) is 0 Å². The standard InChI is InChI=1S/C10H10F2O2/c1-7(13-2)8-3-5-9(6-4-8)14-10(11)12/h3-6,10H,1H2,2H3. The maximum atomic E-state index is 11.8. The summed E-state index contributed by atoms with van der Waals surface area (Å²) in [5, 5.41) is 0. The second-order valence-electron chi connectivity index (χ2n) is 2.53. The highest BCUT2D eigenvalue weighted by Crippen LogP contribution is 2.19. The molecule has 76 valence electrons. The molecule has 0 aliphatic rings. The Hall–Kier alpha value is -1.58. The first-order valence-corrected chi connectivity index (χ1v) is 3.91. The van der Waals surface area contributed by atoms with Crippen LogP contribution in [0.4, 0.5) is 8.78 Å². The number of benzene rings is 1. The number of halogens is 2. The molecule has 4 heteroatoms.